The molecule has 3 nitrogen and oxygen atoms in total. The first kappa shape index (κ1) is 14.3. The Balaban J connectivity index is 2.31. The predicted molar refractivity (Wildman–Crippen MR) is 73.8 cm³/mol. The van der Waals surface area contributed by atoms with Gasteiger partial charge in [-0.3, -0.25) is 0 Å². The molecule has 2 unspecified atom stereocenters. The normalized spacial score (nSPS) is 25.4. The van der Waals surface area contributed by atoms with Crippen molar-refractivity contribution in [1.82, 2.24) is 0 Å². The lowest BCUT2D eigenvalue weighted by Crippen LogP contribution is -2.44. The third kappa shape index (κ3) is 2.90. The van der Waals surface area contributed by atoms with E-state index >= 15 is 0 Å². The molecule has 106 valence electrons. The number of rotatable bonds is 3. The van der Waals surface area contributed by atoms with Crippen LogP contribution in [0.2, 0.25) is 0 Å². The molecule has 1 aromatic carbocycles. The summed E-state index contributed by atoms with van der Waals surface area (Å²) in [5.41, 5.74) is 1.16. The maximum Gasteiger partial charge on any atom is 0.146 e. The van der Waals surface area contributed by atoms with Crippen LogP contribution in [-0.2, 0) is 4.74 Å². The Labute approximate surface area is 114 Å². The molecule has 0 spiro atoms. The van der Waals surface area contributed by atoms with Crippen molar-refractivity contribution in [2.24, 2.45) is 5.92 Å². The number of nitrogens with zero attached hydrogens (tertiary/aromatic N) is 1. The largest absolute Gasteiger partial charge is 0.389 e. The van der Waals surface area contributed by atoms with Crippen molar-refractivity contribution in [3.8, 4) is 0 Å². The van der Waals surface area contributed by atoms with E-state index in [2.05, 4.69) is 6.92 Å². The van der Waals surface area contributed by atoms with Crippen LogP contribution in [-0.4, -0.2) is 31.4 Å². The quantitative estimate of drug-likeness (QED) is 0.914. The van der Waals surface area contributed by atoms with Crippen LogP contribution >= 0.6 is 0 Å². The molecule has 3 atom stereocenters. The van der Waals surface area contributed by atoms with E-state index in [1.165, 1.54) is 6.07 Å². The zero-order valence-electron chi connectivity index (χ0n) is 11.8. The van der Waals surface area contributed by atoms with Crippen LogP contribution in [0.15, 0.2) is 18.2 Å². The molecule has 0 saturated carbocycles. The summed E-state index contributed by atoms with van der Waals surface area (Å²) in [6.07, 6.45) is 0.396. The molecule has 4 heteroatoms. The lowest BCUT2D eigenvalue weighted by molar-refractivity contribution is 0.0495. The summed E-state index contributed by atoms with van der Waals surface area (Å²) in [5.74, 6) is 0.200. The molecule has 0 aliphatic carbocycles. The fraction of sp³-hybridized carbons (Fsp3) is 0.600. The molecule has 19 heavy (non-hydrogen) atoms. The van der Waals surface area contributed by atoms with E-state index in [9.17, 15) is 9.50 Å². The van der Waals surface area contributed by atoms with Crippen LogP contribution in [0.25, 0.3) is 0 Å². The standard InChI is InChI=1S/C15H22FNO2/c1-10-7-8-17(9-14(10)19-3)15-12(11(2)18)5-4-6-13(15)16/h4-6,10-11,14,18H,7-9H2,1-3H3/t10?,11-,14?/m0/s1. The Morgan fingerprint density at radius 1 is 1.47 bits per heavy atom. The average Bonchev–Trinajstić information content (AvgIpc) is 2.39. The summed E-state index contributed by atoms with van der Waals surface area (Å²) >= 11 is 0. The van der Waals surface area contributed by atoms with Crippen LogP contribution in [0.4, 0.5) is 10.1 Å². The Morgan fingerprint density at radius 2 is 2.21 bits per heavy atom. The fourth-order valence-corrected chi connectivity index (χ4v) is 2.75. The van der Waals surface area contributed by atoms with Crippen molar-refractivity contribution in [3.05, 3.63) is 29.6 Å². The minimum absolute atomic E-state index is 0.107. The van der Waals surface area contributed by atoms with E-state index < -0.39 is 6.10 Å². The van der Waals surface area contributed by atoms with Gasteiger partial charge < -0.3 is 14.7 Å². The molecule has 0 radical (unpaired) electrons. The van der Waals surface area contributed by atoms with Crippen molar-refractivity contribution >= 4 is 5.69 Å². The molecule has 1 aliphatic heterocycles. The summed E-state index contributed by atoms with van der Waals surface area (Å²) < 4.78 is 19.6. The number of aliphatic hydroxyl groups is 1. The average molecular weight is 267 g/mol. The smallest absolute Gasteiger partial charge is 0.146 e. The Kier molecular flexibility index (Phi) is 4.42. The highest BCUT2D eigenvalue weighted by Gasteiger charge is 2.29. The Bertz CT molecular complexity index is 436. The molecule has 1 N–H and O–H groups in total. The number of hydrogen-bond donors (Lipinski definition) is 1. The second-order valence-electron chi connectivity index (χ2n) is 5.34. The highest BCUT2D eigenvalue weighted by atomic mass is 19.1. The van der Waals surface area contributed by atoms with Gasteiger partial charge in [0.2, 0.25) is 0 Å². The Hall–Kier alpha value is -1.13. The van der Waals surface area contributed by atoms with Crippen LogP contribution in [0, 0.1) is 11.7 Å². The van der Waals surface area contributed by atoms with Crippen LogP contribution in [0.1, 0.15) is 31.9 Å². The fourth-order valence-electron chi connectivity index (χ4n) is 2.75. The molecule has 1 saturated heterocycles. The van der Waals surface area contributed by atoms with Crippen molar-refractivity contribution in [1.29, 1.82) is 0 Å². The highest BCUT2D eigenvalue weighted by molar-refractivity contribution is 5.56. The van der Waals surface area contributed by atoms with E-state index in [-0.39, 0.29) is 11.9 Å². The van der Waals surface area contributed by atoms with Gasteiger partial charge >= 0.3 is 0 Å². The second-order valence-corrected chi connectivity index (χ2v) is 5.34. The number of halogens is 1. The number of benzene rings is 1. The van der Waals surface area contributed by atoms with Gasteiger partial charge in [0.15, 0.2) is 0 Å². The zero-order chi connectivity index (χ0) is 14.0. The first-order valence-corrected chi connectivity index (χ1v) is 6.78. The molecular formula is C15H22FNO2. The lowest BCUT2D eigenvalue weighted by atomic mass is 9.94. The zero-order valence-corrected chi connectivity index (χ0v) is 11.8. The Morgan fingerprint density at radius 3 is 2.84 bits per heavy atom. The van der Waals surface area contributed by atoms with Crippen LogP contribution in [0.3, 0.4) is 0 Å². The van der Waals surface area contributed by atoms with Gasteiger partial charge in [0.05, 0.1) is 17.9 Å². The van der Waals surface area contributed by atoms with Crippen molar-refractivity contribution < 1.29 is 14.2 Å². The maximum absolute atomic E-state index is 14.1. The highest BCUT2D eigenvalue weighted by Crippen LogP contribution is 2.32. The van der Waals surface area contributed by atoms with E-state index in [4.69, 9.17) is 4.74 Å². The van der Waals surface area contributed by atoms with Crippen molar-refractivity contribution in [3.63, 3.8) is 0 Å². The molecule has 1 aromatic rings. The monoisotopic (exact) mass is 267 g/mol. The van der Waals surface area contributed by atoms with Gasteiger partial charge in [0.25, 0.3) is 0 Å². The number of anilines is 1. The molecule has 1 fully saturated rings. The van der Waals surface area contributed by atoms with E-state index in [1.807, 2.05) is 4.90 Å². The van der Waals surface area contributed by atoms with Crippen LogP contribution < -0.4 is 4.90 Å². The molecular weight excluding hydrogens is 245 g/mol. The molecule has 1 heterocycles. The van der Waals surface area contributed by atoms with E-state index in [1.54, 1.807) is 26.2 Å². The second kappa shape index (κ2) is 5.88. The maximum atomic E-state index is 14.1. The van der Waals surface area contributed by atoms with Gasteiger partial charge in [-0.1, -0.05) is 19.1 Å². The number of piperidine rings is 1. The molecule has 1 aliphatic rings. The van der Waals surface area contributed by atoms with Crippen molar-refractivity contribution in [2.75, 3.05) is 25.1 Å². The number of methoxy groups -OCH3 is 1. The van der Waals surface area contributed by atoms with Gasteiger partial charge in [0, 0.05) is 25.8 Å². The summed E-state index contributed by atoms with van der Waals surface area (Å²) in [6.45, 7) is 5.28. The minimum Gasteiger partial charge on any atom is -0.389 e. The van der Waals surface area contributed by atoms with Gasteiger partial charge in [-0.2, -0.15) is 0 Å². The van der Waals surface area contributed by atoms with E-state index in [0.29, 0.717) is 23.7 Å². The van der Waals surface area contributed by atoms with E-state index in [0.717, 1.165) is 13.0 Å². The summed E-state index contributed by atoms with van der Waals surface area (Å²) in [6, 6.07) is 4.87. The van der Waals surface area contributed by atoms with Crippen molar-refractivity contribution in [2.45, 2.75) is 32.5 Å². The lowest BCUT2D eigenvalue weighted by Gasteiger charge is -2.38. The van der Waals surface area contributed by atoms with Crippen LogP contribution in [0.5, 0.6) is 0 Å². The van der Waals surface area contributed by atoms with Gasteiger partial charge in [-0.25, -0.2) is 4.39 Å². The summed E-state index contributed by atoms with van der Waals surface area (Å²) in [4.78, 5) is 1.99. The summed E-state index contributed by atoms with van der Waals surface area (Å²) in [5, 5.41) is 9.81. The number of ether oxygens (including phenoxy) is 1. The summed E-state index contributed by atoms with van der Waals surface area (Å²) in [7, 11) is 1.70. The molecule has 0 amide bonds. The van der Waals surface area contributed by atoms with Gasteiger partial charge in [-0.15, -0.1) is 0 Å². The topological polar surface area (TPSA) is 32.7 Å². The third-order valence-corrected chi connectivity index (χ3v) is 3.98. The first-order valence-electron chi connectivity index (χ1n) is 6.78. The molecule has 2 rings (SSSR count). The first-order chi connectivity index (χ1) is 9.04. The third-order valence-electron chi connectivity index (χ3n) is 3.98. The number of aliphatic hydroxyl groups excluding tert-OH is 1. The SMILES string of the molecule is COC1CN(c2c(F)cccc2[C@H](C)O)CCC1C. The number of hydrogen-bond acceptors (Lipinski definition) is 3. The minimum atomic E-state index is -0.675. The number of para-hydroxylation sites is 1. The molecule has 0 aromatic heterocycles. The predicted octanol–water partition coefficient (Wildman–Crippen LogP) is 2.74. The molecule has 0 bridgehead atoms. The van der Waals surface area contributed by atoms with Gasteiger partial charge in [-0.05, 0) is 25.3 Å². The van der Waals surface area contributed by atoms with Gasteiger partial charge in [0.1, 0.15) is 5.82 Å².